The van der Waals surface area contributed by atoms with E-state index in [1.54, 1.807) is 0 Å². The van der Waals surface area contributed by atoms with E-state index in [0.717, 1.165) is 34.3 Å². The standard InChI is InChI=1S/C30H31P/c1-3-9-25(10-4-1)13-7-15-27-17-21-29(22-18-27)31-30-23-19-28(20-24-30)16-8-14-26-11-5-2-6-12-26/h1-6,9-12,17-24,31H,7-8,13-16H2. The predicted octanol–water partition coefficient (Wildman–Crippen LogP) is 6.67. The van der Waals surface area contributed by atoms with Gasteiger partial charge in [-0.1, -0.05) is 118 Å². The van der Waals surface area contributed by atoms with Crippen LogP contribution in [0.2, 0.25) is 0 Å². The molecule has 0 fully saturated rings. The van der Waals surface area contributed by atoms with Gasteiger partial charge in [0.25, 0.3) is 0 Å². The van der Waals surface area contributed by atoms with Gasteiger partial charge in [-0.15, -0.1) is 0 Å². The fourth-order valence-corrected chi connectivity index (χ4v) is 4.96. The summed E-state index contributed by atoms with van der Waals surface area (Å²) in [5.41, 5.74) is 5.75. The largest absolute Gasteiger partial charge is 0.0622 e. The van der Waals surface area contributed by atoms with Gasteiger partial charge in [0.1, 0.15) is 0 Å². The Balaban J connectivity index is 1.21. The van der Waals surface area contributed by atoms with Gasteiger partial charge < -0.3 is 0 Å². The zero-order valence-electron chi connectivity index (χ0n) is 18.1. The molecule has 0 nitrogen and oxygen atoms in total. The zero-order chi connectivity index (χ0) is 21.1. The highest BCUT2D eigenvalue weighted by Gasteiger charge is 2.01. The van der Waals surface area contributed by atoms with Crippen LogP contribution in [0.3, 0.4) is 0 Å². The topological polar surface area (TPSA) is 0 Å². The highest BCUT2D eigenvalue weighted by molar-refractivity contribution is 7.55. The van der Waals surface area contributed by atoms with Crippen LogP contribution in [0.25, 0.3) is 0 Å². The summed E-state index contributed by atoms with van der Waals surface area (Å²) in [7, 11) is 0.729. The Morgan fingerprint density at radius 3 is 1.03 bits per heavy atom. The third kappa shape index (κ3) is 7.20. The van der Waals surface area contributed by atoms with E-state index >= 15 is 0 Å². The van der Waals surface area contributed by atoms with Crippen molar-refractivity contribution in [2.75, 3.05) is 0 Å². The highest BCUT2D eigenvalue weighted by atomic mass is 31.1. The third-order valence-electron chi connectivity index (χ3n) is 5.74. The average molecular weight is 423 g/mol. The van der Waals surface area contributed by atoms with Gasteiger partial charge in [-0.2, -0.15) is 0 Å². The molecule has 0 aromatic heterocycles. The summed E-state index contributed by atoms with van der Waals surface area (Å²) in [6, 6.07) is 40.0. The summed E-state index contributed by atoms with van der Waals surface area (Å²) in [6.45, 7) is 0. The summed E-state index contributed by atoms with van der Waals surface area (Å²) >= 11 is 0. The van der Waals surface area contributed by atoms with E-state index in [1.165, 1.54) is 45.7 Å². The van der Waals surface area contributed by atoms with Gasteiger partial charge in [0.2, 0.25) is 0 Å². The van der Waals surface area contributed by atoms with Crippen LogP contribution in [-0.4, -0.2) is 0 Å². The van der Waals surface area contributed by atoms with Gasteiger partial charge in [-0.05, 0) is 71.4 Å². The fourth-order valence-electron chi connectivity index (χ4n) is 3.96. The molecule has 0 spiro atoms. The lowest BCUT2D eigenvalue weighted by Crippen LogP contribution is -2.04. The first-order chi connectivity index (χ1) is 15.3. The van der Waals surface area contributed by atoms with E-state index in [1.807, 2.05) is 0 Å². The van der Waals surface area contributed by atoms with Crippen molar-refractivity contribution in [1.82, 2.24) is 0 Å². The first-order valence-corrected chi connectivity index (χ1v) is 12.4. The van der Waals surface area contributed by atoms with Crippen molar-refractivity contribution in [3.8, 4) is 0 Å². The normalized spacial score (nSPS) is 10.8. The Kier molecular flexibility index (Phi) is 8.08. The Labute approximate surface area is 189 Å². The van der Waals surface area contributed by atoms with Gasteiger partial charge in [-0.25, -0.2) is 0 Å². The minimum Gasteiger partial charge on any atom is -0.0622 e. The molecule has 31 heavy (non-hydrogen) atoms. The maximum atomic E-state index is 2.31. The second-order valence-corrected chi connectivity index (χ2v) is 9.60. The Morgan fingerprint density at radius 1 is 0.355 bits per heavy atom. The molecular weight excluding hydrogens is 391 g/mol. The minimum absolute atomic E-state index is 0.729. The molecule has 0 atom stereocenters. The summed E-state index contributed by atoms with van der Waals surface area (Å²) in [6.07, 6.45) is 7.02. The molecule has 0 aliphatic heterocycles. The van der Waals surface area contributed by atoms with Crippen LogP contribution >= 0.6 is 8.58 Å². The molecule has 0 unspecified atom stereocenters. The van der Waals surface area contributed by atoms with Crippen molar-refractivity contribution in [3.63, 3.8) is 0 Å². The second-order valence-electron chi connectivity index (χ2n) is 8.20. The monoisotopic (exact) mass is 422 g/mol. The van der Waals surface area contributed by atoms with E-state index in [2.05, 4.69) is 109 Å². The van der Waals surface area contributed by atoms with E-state index in [0.29, 0.717) is 0 Å². The minimum atomic E-state index is 0.729. The smallest absolute Gasteiger partial charge is 0.0226 e. The SMILES string of the molecule is c1ccc(CCCc2ccc(Pc3ccc(CCCc4ccccc4)cc3)cc2)cc1. The van der Waals surface area contributed by atoms with Gasteiger partial charge in [0, 0.05) is 0 Å². The first-order valence-electron chi connectivity index (χ1n) is 11.4. The van der Waals surface area contributed by atoms with Crippen LogP contribution in [0.5, 0.6) is 0 Å². The van der Waals surface area contributed by atoms with E-state index in [4.69, 9.17) is 0 Å². The van der Waals surface area contributed by atoms with Crippen LogP contribution in [-0.2, 0) is 25.7 Å². The third-order valence-corrected chi connectivity index (χ3v) is 6.99. The first kappa shape index (κ1) is 21.5. The molecule has 0 saturated carbocycles. The number of aryl methyl sites for hydroxylation is 4. The molecule has 0 N–H and O–H groups in total. The highest BCUT2D eigenvalue weighted by Crippen LogP contribution is 2.15. The molecule has 0 heterocycles. The van der Waals surface area contributed by atoms with Crippen LogP contribution in [0, 0.1) is 0 Å². The molecule has 0 radical (unpaired) electrons. The van der Waals surface area contributed by atoms with E-state index in [-0.39, 0.29) is 0 Å². The zero-order valence-corrected chi connectivity index (χ0v) is 19.1. The second kappa shape index (κ2) is 11.6. The molecule has 0 bridgehead atoms. The summed E-state index contributed by atoms with van der Waals surface area (Å²) < 4.78 is 0. The molecule has 4 aromatic carbocycles. The number of hydrogen-bond acceptors (Lipinski definition) is 0. The van der Waals surface area contributed by atoms with Gasteiger partial charge in [0.05, 0.1) is 0 Å². The van der Waals surface area contributed by atoms with Crippen LogP contribution < -0.4 is 10.6 Å². The molecule has 0 saturated heterocycles. The quantitative estimate of drug-likeness (QED) is 0.251. The molecule has 0 amide bonds. The number of hydrogen-bond donors (Lipinski definition) is 0. The Bertz CT molecular complexity index is 932. The van der Waals surface area contributed by atoms with Crippen LogP contribution in [0.4, 0.5) is 0 Å². The summed E-state index contributed by atoms with van der Waals surface area (Å²) in [5.74, 6) is 0. The van der Waals surface area contributed by atoms with Crippen LogP contribution in [0.1, 0.15) is 35.1 Å². The van der Waals surface area contributed by atoms with E-state index in [9.17, 15) is 0 Å². The van der Waals surface area contributed by atoms with Crippen LogP contribution in [0.15, 0.2) is 109 Å². The average Bonchev–Trinajstić information content (AvgIpc) is 2.83. The van der Waals surface area contributed by atoms with Crippen molar-refractivity contribution in [2.45, 2.75) is 38.5 Å². The summed E-state index contributed by atoms with van der Waals surface area (Å²) in [4.78, 5) is 0. The van der Waals surface area contributed by atoms with Crippen molar-refractivity contribution >= 4 is 19.2 Å². The maximum absolute atomic E-state index is 2.31. The lowest BCUT2D eigenvalue weighted by molar-refractivity contribution is 0.821. The molecular formula is C30H31P. The molecule has 4 rings (SSSR count). The molecule has 156 valence electrons. The molecule has 0 aliphatic carbocycles. The van der Waals surface area contributed by atoms with Crippen molar-refractivity contribution in [2.24, 2.45) is 0 Å². The Hall–Kier alpha value is -2.69. The van der Waals surface area contributed by atoms with Crippen molar-refractivity contribution in [3.05, 3.63) is 131 Å². The predicted molar refractivity (Wildman–Crippen MR) is 137 cm³/mol. The van der Waals surface area contributed by atoms with Gasteiger partial charge in [-0.3, -0.25) is 0 Å². The summed E-state index contributed by atoms with van der Waals surface area (Å²) in [5, 5.41) is 2.84. The van der Waals surface area contributed by atoms with Crippen molar-refractivity contribution < 1.29 is 0 Å². The van der Waals surface area contributed by atoms with Gasteiger partial charge >= 0.3 is 0 Å². The molecule has 4 aromatic rings. The number of rotatable bonds is 10. The van der Waals surface area contributed by atoms with Gasteiger partial charge in [0.15, 0.2) is 0 Å². The number of benzene rings is 4. The molecule has 1 heteroatoms. The lowest BCUT2D eigenvalue weighted by atomic mass is 10.0. The van der Waals surface area contributed by atoms with Crippen molar-refractivity contribution in [1.29, 1.82) is 0 Å². The molecule has 0 aliphatic rings. The Morgan fingerprint density at radius 2 is 0.677 bits per heavy atom. The maximum Gasteiger partial charge on any atom is -0.0226 e. The lowest BCUT2D eigenvalue weighted by Gasteiger charge is -2.07. The van der Waals surface area contributed by atoms with E-state index < -0.39 is 0 Å². The fraction of sp³-hybridized carbons (Fsp3) is 0.200.